The molecule has 2 heterocycles. The molecule has 1 fully saturated rings. The number of hydrogen-bond acceptors (Lipinski definition) is 3. The maximum absolute atomic E-state index is 12.5. The van der Waals surface area contributed by atoms with Crippen LogP contribution in [0.2, 0.25) is 0 Å². The fraction of sp³-hybridized carbons (Fsp3) is 0.318. The van der Waals surface area contributed by atoms with Crippen molar-refractivity contribution in [3.63, 3.8) is 0 Å². The number of nitrogens with one attached hydrogen (secondary N) is 1. The first-order valence-corrected chi connectivity index (χ1v) is 9.36. The van der Waals surface area contributed by atoms with Crippen LogP contribution in [0.5, 0.6) is 0 Å². The predicted molar refractivity (Wildman–Crippen MR) is 106 cm³/mol. The summed E-state index contributed by atoms with van der Waals surface area (Å²) >= 11 is 0. The third-order valence-corrected chi connectivity index (χ3v) is 4.94. The summed E-state index contributed by atoms with van der Waals surface area (Å²) in [6, 6.07) is 13.5. The molecule has 0 radical (unpaired) electrons. The molecule has 1 atom stereocenters. The standard InChI is InChI=1S/C22H25N3O2/c1-17(20-8-5-13-23-16-20)24-22(27)19-11-14-25(15-12-19)21(26)10-9-18-6-3-2-4-7-18/h2-10,13,16-17,19H,11-12,14-15H2,1H3,(H,24,27)/b10-9+. The number of hydrogen-bond donors (Lipinski definition) is 1. The molecule has 1 aliphatic rings. The number of aromatic nitrogens is 1. The van der Waals surface area contributed by atoms with Crippen molar-refractivity contribution < 1.29 is 9.59 Å². The monoisotopic (exact) mass is 363 g/mol. The number of pyridine rings is 1. The van der Waals surface area contributed by atoms with Gasteiger partial charge in [0.05, 0.1) is 6.04 Å². The molecule has 1 saturated heterocycles. The van der Waals surface area contributed by atoms with Gasteiger partial charge in [0.15, 0.2) is 0 Å². The average Bonchev–Trinajstić information content (AvgIpc) is 2.73. The Balaban J connectivity index is 1.47. The summed E-state index contributed by atoms with van der Waals surface area (Å²) < 4.78 is 0. The summed E-state index contributed by atoms with van der Waals surface area (Å²) in [4.78, 5) is 30.8. The zero-order valence-corrected chi connectivity index (χ0v) is 15.5. The highest BCUT2D eigenvalue weighted by molar-refractivity contribution is 5.92. The van der Waals surface area contributed by atoms with Gasteiger partial charge in [-0.3, -0.25) is 14.6 Å². The minimum atomic E-state index is -0.0698. The van der Waals surface area contributed by atoms with Crippen molar-refractivity contribution in [3.05, 3.63) is 72.1 Å². The van der Waals surface area contributed by atoms with E-state index in [1.165, 1.54) is 0 Å². The molecule has 3 rings (SSSR count). The van der Waals surface area contributed by atoms with Gasteiger partial charge in [0, 0.05) is 37.5 Å². The normalized spacial score (nSPS) is 16.3. The number of likely N-dealkylation sites (tertiary alicyclic amines) is 1. The molecular formula is C22H25N3O2. The maximum Gasteiger partial charge on any atom is 0.246 e. The molecule has 1 aromatic carbocycles. The number of rotatable bonds is 5. The van der Waals surface area contributed by atoms with Gasteiger partial charge in [0.2, 0.25) is 11.8 Å². The van der Waals surface area contributed by atoms with E-state index in [2.05, 4.69) is 10.3 Å². The molecule has 1 aromatic heterocycles. The van der Waals surface area contributed by atoms with E-state index in [1.807, 2.05) is 60.4 Å². The first-order chi connectivity index (χ1) is 13.1. The number of piperidine rings is 1. The number of carbonyl (C=O) groups is 2. The minimum absolute atomic E-state index is 0.00133. The summed E-state index contributed by atoms with van der Waals surface area (Å²) in [5.41, 5.74) is 1.99. The number of carbonyl (C=O) groups excluding carboxylic acids is 2. The van der Waals surface area contributed by atoms with E-state index in [1.54, 1.807) is 18.5 Å². The zero-order chi connectivity index (χ0) is 19.1. The molecule has 0 aliphatic carbocycles. The van der Waals surface area contributed by atoms with Crippen LogP contribution in [0.25, 0.3) is 6.08 Å². The summed E-state index contributed by atoms with van der Waals surface area (Å²) in [7, 11) is 0. The lowest BCUT2D eigenvalue weighted by Gasteiger charge is -2.31. The van der Waals surface area contributed by atoms with Crippen molar-refractivity contribution in [2.45, 2.75) is 25.8 Å². The van der Waals surface area contributed by atoms with Crippen LogP contribution >= 0.6 is 0 Å². The van der Waals surface area contributed by atoms with Crippen LogP contribution in [0.15, 0.2) is 60.9 Å². The first-order valence-electron chi connectivity index (χ1n) is 9.36. The van der Waals surface area contributed by atoms with Gasteiger partial charge >= 0.3 is 0 Å². The Kier molecular flexibility index (Phi) is 6.36. The largest absolute Gasteiger partial charge is 0.349 e. The van der Waals surface area contributed by atoms with Crippen molar-refractivity contribution in [2.24, 2.45) is 5.92 Å². The lowest BCUT2D eigenvalue weighted by Crippen LogP contribution is -2.43. The van der Waals surface area contributed by atoms with E-state index in [-0.39, 0.29) is 23.8 Å². The quantitative estimate of drug-likeness (QED) is 0.830. The number of nitrogens with zero attached hydrogens (tertiary/aromatic N) is 2. The van der Waals surface area contributed by atoms with Gasteiger partial charge in [-0.05, 0) is 43.0 Å². The molecular weight excluding hydrogens is 338 g/mol. The van der Waals surface area contributed by atoms with Gasteiger partial charge in [0.1, 0.15) is 0 Å². The van der Waals surface area contributed by atoms with Gasteiger partial charge in [-0.15, -0.1) is 0 Å². The molecule has 0 spiro atoms. The molecule has 1 aliphatic heterocycles. The SMILES string of the molecule is CC(NC(=O)C1CCN(C(=O)/C=C/c2ccccc2)CC1)c1cccnc1. The zero-order valence-electron chi connectivity index (χ0n) is 15.5. The predicted octanol–water partition coefficient (Wildman–Crippen LogP) is 3.21. The molecule has 5 heteroatoms. The molecule has 2 aromatic rings. The van der Waals surface area contributed by atoms with Crippen molar-refractivity contribution in [2.75, 3.05) is 13.1 Å². The van der Waals surface area contributed by atoms with Crippen LogP contribution in [0.1, 0.15) is 36.9 Å². The average molecular weight is 363 g/mol. The third-order valence-electron chi connectivity index (χ3n) is 4.94. The molecule has 1 N–H and O–H groups in total. The second-order valence-electron chi connectivity index (χ2n) is 6.86. The van der Waals surface area contributed by atoms with E-state index >= 15 is 0 Å². The number of amides is 2. The molecule has 5 nitrogen and oxygen atoms in total. The lowest BCUT2D eigenvalue weighted by atomic mass is 9.95. The second-order valence-corrected chi connectivity index (χ2v) is 6.86. The van der Waals surface area contributed by atoms with Crippen LogP contribution in [-0.2, 0) is 9.59 Å². The van der Waals surface area contributed by atoms with Crippen molar-refractivity contribution >= 4 is 17.9 Å². The lowest BCUT2D eigenvalue weighted by molar-refractivity contribution is -0.132. The van der Waals surface area contributed by atoms with E-state index in [0.717, 1.165) is 11.1 Å². The smallest absolute Gasteiger partial charge is 0.246 e. The van der Waals surface area contributed by atoms with E-state index in [4.69, 9.17) is 0 Å². The maximum atomic E-state index is 12.5. The minimum Gasteiger partial charge on any atom is -0.349 e. The van der Waals surface area contributed by atoms with Crippen LogP contribution in [0, 0.1) is 5.92 Å². The molecule has 0 saturated carbocycles. The molecule has 140 valence electrons. The van der Waals surface area contributed by atoms with Gasteiger partial charge in [-0.2, -0.15) is 0 Å². The highest BCUT2D eigenvalue weighted by atomic mass is 16.2. The van der Waals surface area contributed by atoms with E-state index in [0.29, 0.717) is 25.9 Å². The van der Waals surface area contributed by atoms with Gasteiger partial charge in [0.25, 0.3) is 0 Å². The van der Waals surface area contributed by atoms with Gasteiger partial charge in [-0.1, -0.05) is 36.4 Å². The Bertz CT molecular complexity index is 782. The van der Waals surface area contributed by atoms with Gasteiger partial charge < -0.3 is 10.2 Å². The van der Waals surface area contributed by atoms with Crippen LogP contribution in [-0.4, -0.2) is 34.8 Å². The number of benzene rings is 1. The van der Waals surface area contributed by atoms with Gasteiger partial charge in [-0.25, -0.2) is 0 Å². The molecule has 2 amide bonds. The molecule has 0 bridgehead atoms. The Labute approximate surface area is 160 Å². The van der Waals surface area contributed by atoms with E-state index < -0.39 is 0 Å². The van der Waals surface area contributed by atoms with Crippen LogP contribution in [0.3, 0.4) is 0 Å². The van der Waals surface area contributed by atoms with Crippen molar-refractivity contribution in [1.82, 2.24) is 15.2 Å². The summed E-state index contributed by atoms with van der Waals surface area (Å²) in [5.74, 6) is 0.00555. The topological polar surface area (TPSA) is 62.3 Å². The van der Waals surface area contributed by atoms with Crippen LogP contribution < -0.4 is 5.32 Å². The first kappa shape index (κ1) is 18.8. The van der Waals surface area contributed by atoms with Crippen LogP contribution in [0.4, 0.5) is 0 Å². The Morgan fingerprint density at radius 2 is 1.89 bits per heavy atom. The fourth-order valence-corrected chi connectivity index (χ4v) is 3.25. The Hall–Kier alpha value is -2.95. The third kappa shape index (κ3) is 5.26. The molecule has 1 unspecified atom stereocenters. The summed E-state index contributed by atoms with van der Waals surface area (Å²) in [6.45, 7) is 3.18. The second kappa shape index (κ2) is 9.12. The summed E-state index contributed by atoms with van der Waals surface area (Å²) in [5, 5.41) is 3.06. The van der Waals surface area contributed by atoms with E-state index in [9.17, 15) is 9.59 Å². The summed E-state index contributed by atoms with van der Waals surface area (Å²) in [6.07, 6.45) is 8.31. The Morgan fingerprint density at radius 3 is 2.56 bits per heavy atom. The highest BCUT2D eigenvalue weighted by Gasteiger charge is 2.27. The molecule has 27 heavy (non-hydrogen) atoms. The van der Waals surface area contributed by atoms with Crippen molar-refractivity contribution in [1.29, 1.82) is 0 Å². The Morgan fingerprint density at radius 1 is 1.15 bits per heavy atom. The fourth-order valence-electron chi connectivity index (χ4n) is 3.25. The highest BCUT2D eigenvalue weighted by Crippen LogP contribution is 2.20. The van der Waals surface area contributed by atoms with Crippen molar-refractivity contribution in [3.8, 4) is 0 Å².